The molecule has 1 heterocycles. The molecule has 0 saturated carbocycles. The number of anilines is 1. The molecule has 0 N–H and O–H groups in total. The van der Waals surface area contributed by atoms with Crippen molar-refractivity contribution in [2.75, 3.05) is 11.4 Å². The molecule has 2 nitrogen and oxygen atoms in total. The molecule has 2 rings (SSSR count). The second-order valence-corrected chi connectivity index (χ2v) is 4.95. The third-order valence-corrected chi connectivity index (χ3v) is 3.33. The summed E-state index contributed by atoms with van der Waals surface area (Å²) in [6.07, 6.45) is 1.68. The van der Waals surface area contributed by atoms with Crippen LogP contribution in [0.25, 0.3) is 0 Å². The molecule has 0 radical (unpaired) electrons. The molecule has 1 aliphatic rings. The van der Waals surface area contributed by atoms with E-state index in [-0.39, 0.29) is 11.7 Å². The minimum absolute atomic E-state index is 0.00241. The van der Waals surface area contributed by atoms with Crippen molar-refractivity contribution in [1.82, 2.24) is 0 Å². The van der Waals surface area contributed by atoms with Gasteiger partial charge in [0.05, 0.1) is 5.41 Å². The lowest BCUT2D eigenvalue weighted by atomic mass is 9.86. The minimum Gasteiger partial charge on any atom is -0.308 e. The van der Waals surface area contributed by atoms with Gasteiger partial charge in [0.25, 0.3) is 0 Å². The third-order valence-electron chi connectivity index (χ3n) is 3.33. The first-order chi connectivity index (χ1) is 7.89. The molecule has 0 unspecified atom stereocenters. The van der Waals surface area contributed by atoms with E-state index in [2.05, 4.69) is 6.58 Å². The molecule has 17 heavy (non-hydrogen) atoms. The zero-order valence-electron chi connectivity index (χ0n) is 10.4. The predicted molar refractivity (Wildman–Crippen MR) is 66.7 cm³/mol. The zero-order chi connectivity index (χ0) is 12.8. The first-order valence-corrected chi connectivity index (χ1v) is 5.63. The van der Waals surface area contributed by atoms with Gasteiger partial charge in [-0.15, -0.1) is 6.58 Å². The maximum absolute atomic E-state index is 13.6. The highest BCUT2D eigenvalue weighted by Gasteiger charge is 2.43. The van der Waals surface area contributed by atoms with Gasteiger partial charge in [-0.05, 0) is 44.0 Å². The second-order valence-electron chi connectivity index (χ2n) is 4.95. The molecule has 0 bridgehead atoms. The third kappa shape index (κ3) is 1.57. The number of carbonyl (C=O) groups excluding carboxylic acids is 1. The van der Waals surface area contributed by atoms with Crippen LogP contribution >= 0.6 is 0 Å². The number of rotatable bonds is 2. The maximum Gasteiger partial charge on any atom is 0.237 e. The van der Waals surface area contributed by atoms with Crippen LogP contribution in [0.4, 0.5) is 10.1 Å². The number of benzene rings is 1. The Labute approximate surface area is 101 Å². The number of hydrogen-bond donors (Lipinski definition) is 0. The van der Waals surface area contributed by atoms with E-state index < -0.39 is 5.41 Å². The van der Waals surface area contributed by atoms with Gasteiger partial charge < -0.3 is 4.90 Å². The van der Waals surface area contributed by atoms with Crippen LogP contribution in [-0.2, 0) is 10.2 Å². The Balaban J connectivity index is 2.65. The lowest BCUT2D eigenvalue weighted by Gasteiger charge is -2.18. The molecule has 0 saturated heterocycles. The topological polar surface area (TPSA) is 20.3 Å². The Bertz CT molecular complexity index is 505. The molecule has 0 aromatic heterocycles. The van der Waals surface area contributed by atoms with E-state index in [4.69, 9.17) is 0 Å². The zero-order valence-corrected chi connectivity index (χ0v) is 10.4. The Morgan fingerprint density at radius 1 is 1.47 bits per heavy atom. The summed E-state index contributed by atoms with van der Waals surface area (Å²) >= 11 is 0. The van der Waals surface area contributed by atoms with E-state index in [1.165, 1.54) is 6.07 Å². The molecule has 1 amide bonds. The standard InChI is InChI=1S/C14H16FNO/c1-5-6-16-12-7-9(2)11(15)8-10(12)14(3,4)13(16)17/h5,7-8H,1,6H2,2-4H3. The number of hydrogen-bond acceptors (Lipinski definition) is 1. The van der Waals surface area contributed by atoms with E-state index >= 15 is 0 Å². The monoisotopic (exact) mass is 233 g/mol. The summed E-state index contributed by atoms with van der Waals surface area (Å²) in [5, 5.41) is 0. The molecule has 3 heteroatoms. The minimum atomic E-state index is -0.660. The second kappa shape index (κ2) is 3.69. The summed E-state index contributed by atoms with van der Waals surface area (Å²) in [5.74, 6) is -0.262. The summed E-state index contributed by atoms with van der Waals surface area (Å²) in [4.78, 5) is 13.9. The fourth-order valence-electron chi connectivity index (χ4n) is 2.26. The summed E-state index contributed by atoms with van der Waals surface area (Å²) < 4.78 is 13.6. The highest BCUT2D eigenvalue weighted by atomic mass is 19.1. The van der Waals surface area contributed by atoms with Crippen molar-refractivity contribution in [2.24, 2.45) is 0 Å². The summed E-state index contributed by atoms with van der Waals surface area (Å²) in [6, 6.07) is 3.21. The molecule has 0 atom stereocenters. The summed E-state index contributed by atoms with van der Waals surface area (Å²) in [7, 11) is 0. The quantitative estimate of drug-likeness (QED) is 0.719. The van der Waals surface area contributed by atoms with Crippen molar-refractivity contribution in [1.29, 1.82) is 0 Å². The largest absolute Gasteiger partial charge is 0.308 e. The van der Waals surface area contributed by atoms with E-state index in [9.17, 15) is 9.18 Å². The van der Waals surface area contributed by atoms with Crippen molar-refractivity contribution >= 4 is 11.6 Å². The van der Waals surface area contributed by atoms with Gasteiger partial charge in [-0.25, -0.2) is 4.39 Å². The molecule has 1 aromatic carbocycles. The molecule has 0 spiro atoms. The van der Waals surface area contributed by atoms with Gasteiger partial charge in [-0.2, -0.15) is 0 Å². The molecule has 0 fully saturated rings. The summed E-state index contributed by atoms with van der Waals surface area (Å²) in [6.45, 7) is 9.47. The number of amides is 1. The van der Waals surface area contributed by atoms with Crippen molar-refractivity contribution in [3.05, 3.63) is 41.7 Å². The number of fused-ring (bicyclic) bond motifs is 1. The fourth-order valence-corrected chi connectivity index (χ4v) is 2.26. The predicted octanol–water partition coefficient (Wildman–Crippen LogP) is 2.94. The lowest BCUT2D eigenvalue weighted by Crippen LogP contribution is -2.36. The Morgan fingerprint density at radius 2 is 2.12 bits per heavy atom. The van der Waals surface area contributed by atoms with Gasteiger partial charge >= 0.3 is 0 Å². The van der Waals surface area contributed by atoms with Crippen molar-refractivity contribution in [2.45, 2.75) is 26.2 Å². The molecule has 1 aromatic rings. The highest BCUT2D eigenvalue weighted by Crippen LogP contribution is 2.42. The van der Waals surface area contributed by atoms with Gasteiger partial charge in [-0.3, -0.25) is 4.79 Å². The van der Waals surface area contributed by atoms with E-state index in [0.717, 1.165) is 11.3 Å². The molecular weight excluding hydrogens is 217 g/mol. The van der Waals surface area contributed by atoms with Crippen LogP contribution in [0.15, 0.2) is 24.8 Å². The molecule has 1 aliphatic heterocycles. The first-order valence-electron chi connectivity index (χ1n) is 5.63. The Morgan fingerprint density at radius 3 is 2.71 bits per heavy atom. The van der Waals surface area contributed by atoms with Crippen LogP contribution in [-0.4, -0.2) is 12.5 Å². The van der Waals surface area contributed by atoms with Crippen molar-refractivity contribution in [3.63, 3.8) is 0 Å². The van der Waals surface area contributed by atoms with E-state index in [1.54, 1.807) is 24.0 Å². The van der Waals surface area contributed by atoms with Crippen LogP contribution in [0, 0.1) is 12.7 Å². The van der Waals surface area contributed by atoms with Crippen LogP contribution < -0.4 is 4.90 Å². The Hall–Kier alpha value is -1.64. The average molecular weight is 233 g/mol. The van der Waals surface area contributed by atoms with Crippen LogP contribution in [0.2, 0.25) is 0 Å². The van der Waals surface area contributed by atoms with Crippen LogP contribution in [0.5, 0.6) is 0 Å². The smallest absolute Gasteiger partial charge is 0.237 e. The van der Waals surface area contributed by atoms with Gasteiger partial charge in [0, 0.05) is 12.2 Å². The number of nitrogens with zero attached hydrogens (tertiary/aromatic N) is 1. The van der Waals surface area contributed by atoms with Crippen molar-refractivity contribution in [3.8, 4) is 0 Å². The SMILES string of the molecule is C=CCN1C(=O)C(C)(C)c2cc(F)c(C)cc21. The van der Waals surface area contributed by atoms with Gasteiger partial charge in [0.15, 0.2) is 0 Å². The molecule has 0 aliphatic carbocycles. The Kier molecular flexibility index (Phi) is 2.57. The van der Waals surface area contributed by atoms with Crippen LogP contribution in [0.3, 0.4) is 0 Å². The van der Waals surface area contributed by atoms with Gasteiger partial charge in [-0.1, -0.05) is 6.08 Å². The molecule has 90 valence electrons. The highest BCUT2D eigenvalue weighted by molar-refractivity contribution is 6.07. The number of carbonyl (C=O) groups is 1. The van der Waals surface area contributed by atoms with Crippen molar-refractivity contribution < 1.29 is 9.18 Å². The number of aryl methyl sites for hydroxylation is 1. The lowest BCUT2D eigenvalue weighted by molar-refractivity contribution is -0.121. The van der Waals surface area contributed by atoms with Gasteiger partial charge in [0.2, 0.25) is 5.91 Å². The maximum atomic E-state index is 13.6. The first kappa shape index (κ1) is 11.8. The number of halogens is 1. The van der Waals surface area contributed by atoms with E-state index in [0.29, 0.717) is 12.1 Å². The fraction of sp³-hybridized carbons (Fsp3) is 0.357. The van der Waals surface area contributed by atoms with E-state index in [1.807, 2.05) is 13.8 Å². The van der Waals surface area contributed by atoms with Gasteiger partial charge in [0.1, 0.15) is 5.82 Å². The normalized spacial score (nSPS) is 17.2. The average Bonchev–Trinajstić information content (AvgIpc) is 2.43. The summed E-state index contributed by atoms with van der Waals surface area (Å²) in [5.41, 5.74) is 1.46. The molecular formula is C14H16FNO. The van der Waals surface area contributed by atoms with Crippen LogP contribution in [0.1, 0.15) is 25.0 Å².